The SMILES string of the molecule is Cn1nnnc1NCCOC1CCNCC1. The number of hydrogen-bond acceptors (Lipinski definition) is 6. The number of nitrogens with zero attached hydrogens (tertiary/aromatic N) is 4. The van der Waals surface area contributed by atoms with Gasteiger partial charge in [-0.25, -0.2) is 4.68 Å². The van der Waals surface area contributed by atoms with Gasteiger partial charge in [0.2, 0.25) is 5.95 Å². The van der Waals surface area contributed by atoms with Crippen LogP contribution in [-0.4, -0.2) is 52.6 Å². The van der Waals surface area contributed by atoms with Gasteiger partial charge in [-0.3, -0.25) is 0 Å². The second-order valence-corrected chi connectivity index (χ2v) is 3.87. The molecule has 7 heteroatoms. The zero-order valence-electron chi connectivity index (χ0n) is 9.52. The lowest BCUT2D eigenvalue weighted by Crippen LogP contribution is -2.33. The molecule has 1 aliphatic rings. The molecule has 0 unspecified atom stereocenters. The van der Waals surface area contributed by atoms with Crippen LogP contribution in [0.2, 0.25) is 0 Å². The van der Waals surface area contributed by atoms with Crippen molar-refractivity contribution in [3.63, 3.8) is 0 Å². The summed E-state index contributed by atoms with van der Waals surface area (Å²) in [4.78, 5) is 0. The number of anilines is 1. The van der Waals surface area contributed by atoms with Crippen molar-refractivity contribution in [1.29, 1.82) is 0 Å². The molecule has 1 aromatic heterocycles. The summed E-state index contributed by atoms with van der Waals surface area (Å²) in [7, 11) is 1.80. The first kappa shape index (κ1) is 11.3. The summed E-state index contributed by atoms with van der Waals surface area (Å²) in [6.45, 7) is 3.55. The molecule has 90 valence electrons. The van der Waals surface area contributed by atoms with Crippen LogP contribution in [0.5, 0.6) is 0 Å². The van der Waals surface area contributed by atoms with Crippen molar-refractivity contribution in [3.8, 4) is 0 Å². The second-order valence-electron chi connectivity index (χ2n) is 3.87. The van der Waals surface area contributed by atoms with E-state index in [9.17, 15) is 0 Å². The van der Waals surface area contributed by atoms with Crippen LogP contribution in [-0.2, 0) is 11.8 Å². The molecule has 7 nitrogen and oxygen atoms in total. The van der Waals surface area contributed by atoms with E-state index in [0.717, 1.165) is 32.5 Å². The molecule has 0 radical (unpaired) electrons. The van der Waals surface area contributed by atoms with Crippen LogP contribution >= 0.6 is 0 Å². The Morgan fingerprint density at radius 2 is 2.31 bits per heavy atom. The van der Waals surface area contributed by atoms with E-state index in [-0.39, 0.29) is 0 Å². The first-order chi connectivity index (χ1) is 7.86. The normalized spacial score (nSPS) is 17.6. The van der Waals surface area contributed by atoms with Crippen molar-refractivity contribution >= 4 is 5.95 Å². The van der Waals surface area contributed by atoms with Crippen molar-refractivity contribution in [2.45, 2.75) is 18.9 Å². The highest BCUT2D eigenvalue weighted by Crippen LogP contribution is 2.06. The van der Waals surface area contributed by atoms with Crippen molar-refractivity contribution in [1.82, 2.24) is 25.5 Å². The molecule has 0 bridgehead atoms. The Morgan fingerprint density at radius 1 is 1.50 bits per heavy atom. The van der Waals surface area contributed by atoms with E-state index in [0.29, 0.717) is 18.7 Å². The molecule has 1 aromatic rings. The number of ether oxygens (including phenoxy) is 1. The number of hydrogen-bond donors (Lipinski definition) is 2. The lowest BCUT2D eigenvalue weighted by Gasteiger charge is -2.22. The molecule has 0 atom stereocenters. The van der Waals surface area contributed by atoms with Gasteiger partial charge < -0.3 is 15.4 Å². The van der Waals surface area contributed by atoms with Crippen LogP contribution in [0.25, 0.3) is 0 Å². The van der Waals surface area contributed by atoms with E-state index in [2.05, 4.69) is 26.2 Å². The van der Waals surface area contributed by atoms with Crippen molar-refractivity contribution in [2.75, 3.05) is 31.6 Å². The summed E-state index contributed by atoms with van der Waals surface area (Å²) in [5.74, 6) is 0.675. The zero-order chi connectivity index (χ0) is 11.2. The maximum absolute atomic E-state index is 5.74. The standard InChI is InChI=1S/C9H18N6O/c1-15-9(12-13-14-15)11-6-7-16-8-2-4-10-5-3-8/h8,10H,2-7H2,1H3,(H,11,12,14). The molecule has 0 spiro atoms. The Bertz CT molecular complexity index is 309. The zero-order valence-corrected chi connectivity index (χ0v) is 9.52. The molecule has 2 rings (SSSR count). The third-order valence-corrected chi connectivity index (χ3v) is 2.65. The van der Waals surface area contributed by atoms with Gasteiger partial charge >= 0.3 is 0 Å². The van der Waals surface area contributed by atoms with Gasteiger partial charge in [0.15, 0.2) is 0 Å². The van der Waals surface area contributed by atoms with Crippen LogP contribution in [0.15, 0.2) is 0 Å². The van der Waals surface area contributed by atoms with Crippen molar-refractivity contribution in [2.24, 2.45) is 7.05 Å². The highest BCUT2D eigenvalue weighted by molar-refractivity contribution is 5.20. The van der Waals surface area contributed by atoms with E-state index < -0.39 is 0 Å². The molecule has 2 N–H and O–H groups in total. The summed E-state index contributed by atoms with van der Waals surface area (Å²) < 4.78 is 7.34. The Labute approximate surface area is 94.5 Å². The Morgan fingerprint density at radius 3 is 3.00 bits per heavy atom. The maximum atomic E-state index is 5.74. The van der Waals surface area contributed by atoms with Gasteiger partial charge in [-0.05, 0) is 36.4 Å². The summed E-state index contributed by atoms with van der Waals surface area (Å²) >= 11 is 0. The molecule has 2 heterocycles. The van der Waals surface area contributed by atoms with Crippen molar-refractivity contribution < 1.29 is 4.74 Å². The quantitative estimate of drug-likeness (QED) is 0.652. The fourth-order valence-corrected chi connectivity index (χ4v) is 1.73. The molecule has 0 saturated carbocycles. The highest BCUT2D eigenvalue weighted by atomic mass is 16.5. The van der Waals surface area contributed by atoms with Crippen LogP contribution in [0.4, 0.5) is 5.95 Å². The fraction of sp³-hybridized carbons (Fsp3) is 0.889. The minimum Gasteiger partial charge on any atom is -0.376 e. The topological polar surface area (TPSA) is 76.9 Å². The van der Waals surface area contributed by atoms with Gasteiger partial charge in [-0.2, -0.15) is 0 Å². The van der Waals surface area contributed by atoms with Gasteiger partial charge in [-0.1, -0.05) is 5.10 Å². The number of piperidine rings is 1. The largest absolute Gasteiger partial charge is 0.376 e. The molecule has 1 aliphatic heterocycles. The Hall–Kier alpha value is -1.21. The molecule has 1 saturated heterocycles. The van der Waals surface area contributed by atoms with E-state index >= 15 is 0 Å². The first-order valence-electron chi connectivity index (χ1n) is 5.65. The average molecular weight is 226 g/mol. The van der Waals surface area contributed by atoms with Gasteiger partial charge in [0.05, 0.1) is 12.7 Å². The average Bonchev–Trinajstić information content (AvgIpc) is 2.72. The summed E-state index contributed by atoms with van der Waals surface area (Å²) in [5, 5.41) is 17.5. The molecular weight excluding hydrogens is 208 g/mol. The van der Waals surface area contributed by atoms with Gasteiger partial charge in [0, 0.05) is 13.6 Å². The lowest BCUT2D eigenvalue weighted by atomic mass is 10.1. The lowest BCUT2D eigenvalue weighted by molar-refractivity contribution is 0.0393. The fourth-order valence-electron chi connectivity index (χ4n) is 1.73. The maximum Gasteiger partial charge on any atom is 0.242 e. The summed E-state index contributed by atoms with van der Waals surface area (Å²) in [6, 6.07) is 0. The van der Waals surface area contributed by atoms with Gasteiger partial charge in [0.25, 0.3) is 0 Å². The van der Waals surface area contributed by atoms with Crippen LogP contribution < -0.4 is 10.6 Å². The highest BCUT2D eigenvalue weighted by Gasteiger charge is 2.12. The molecule has 1 fully saturated rings. The predicted molar refractivity (Wildman–Crippen MR) is 59.1 cm³/mol. The van der Waals surface area contributed by atoms with Crippen LogP contribution in [0.1, 0.15) is 12.8 Å². The number of tetrazole rings is 1. The van der Waals surface area contributed by atoms with E-state index in [1.54, 1.807) is 11.7 Å². The number of rotatable bonds is 5. The van der Waals surface area contributed by atoms with Gasteiger partial charge in [-0.15, -0.1) is 0 Å². The monoisotopic (exact) mass is 226 g/mol. The van der Waals surface area contributed by atoms with E-state index in [4.69, 9.17) is 4.74 Å². The first-order valence-corrected chi connectivity index (χ1v) is 5.65. The molecule has 16 heavy (non-hydrogen) atoms. The van der Waals surface area contributed by atoms with Crippen molar-refractivity contribution in [3.05, 3.63) is 0 Å². The predicted octanol–water partition coefficient (Wildman–Crippen LogP) is -0.609. The minimum absolute atomic E-state index is 0.403. The second kappa shape index (κ2) is 5.76. The van der Waals surface area contributed by atoms with E-state index in [1.165, 1.54) is 0 Å². The molecule has 0 amide bonds. The third kappa shape index (κ3) is 3.14. The van der Waals surface area contributed by atoms with Crippen LogP contribution in [0, 0.1) is 0 Å². The van der Waals surface area contributed by atoms with E-state index in [1.807, 2.05) is 0 Å². The van der Waals surface area contributed by atoms with Crippen LogP contribution in [0.3, 0.4) is 0 Å². The Kier molecular flexibility index (Phi) is 4.06. The molecule has 0 aliphatic carbocycles. The summed E-state index contributed by atoms with van der Waals surface area (Å²) in [6.07, 6.45) is 2.61. The number of nitrogens with one attached hydrogen (secondary N) is 2. The minimum atomic E-state index is 0.403. The number of aromatic nitrogens is 4. The Balaban J connectivity index is 1.59. The molecule has 0 aromatic carbocycles. The van der Waals surface area contributed by atoms with Gasteiger partial charge in [0.1, 0.15) is 0 Å². The number of aryl methyl sites for hydroxylation is 1. The summed E-state index contributed by atoms with van der Waals surface area (Å²) in [5.41, 5.74) is 0. The third-order valence-electron chi connectivity index (χ3n) is 2.65. The molecular formula is C9H18N6O. The smallest absolute Gasteiger partial charge is 0.242 e.